The lowest BCUT2D eigenvalue weighted by Crippen LogP contribution is -2.83. The van der Waals surface area contributed by atoms with Gasteiger partial charge in [-0.15, -0.1) is 0 Å². The number of ether oxygens (including phenoxy) is 2. The number of aromatic nitrogens is 4. The molecule has 12 heteroatoms. The number of carbonyl (C=O) groups excluding carboxylic acids is 2. The minimum absolute atomic E-state index is 0.274. The molecule has 45 heavy (non-hydrogen) atoms. The number of likely N-dealkylation sites (tertiary alicyclic amines) is 2. The van der Waals surface area contributed by atoms with Crippen molar-refractivity contribution in [2.45, 2.75) is 23.9 Å². The maximum atomic E-state index is 14.4. The monoisotopic (exact) mass is 610 g/mol. The zero-order chi connectivity index (χ0) is 31.8. The summed E-state index contributed by atoms with van der Waals surface area (Å²) < 4.78 is 10.8. The van der Waals surface area contributed by atoms with Crippen LogP contribution < -0.4 is 0 Å². The van der Waals surface area contributed by atoms with Crippen LogP contribution in [-0.2, 0) is 19.1 Å². The summed E-state index contributed by atoms with van der Waals surface area (Å²) in [6, 6.07) is 18.3. The first-order chi connectivity index (χ1) is 21.7. The van der Waals surface area contributed by atoms with E-state index in [0.29, 0.717) is 22.8 Å². The van der Waals surface area contributed by atoms with Gasteiger partial charge in [-0.05, 0) is 55.6 Å². The van der Waals surface area contributed by atoms with Crippen molar-refractivity contribution in [3.05, 3.63) is 120 Å². The first-order valence-electron chi connectivity index (χ1n) is 14.5. The molecule has 2 aliphatic rings. The van der Waals surface area contributed by atoms with E-state index in [1.165, 1.54) is 14.2 Å². The van der Waals surface area contributed by atoms with Gasteiger partial charge in [0.05, 0.1) is 55.1 Å². The topological polar surface area (TPSA) is 151 Å². The van der Waals surface area contributed by atoms with E-state index < -0.39 is 46.7 Å². The number of pyridine rings is 4. The van der Waals surface area contributed by atoms with E-state index in [0.717, 1.165) is 0 Å². The summed E-state index contributed by atoms with van der Waals surface area (Å²) in [5.74, 6) is -4.91. The van der Waals surface area contributed by atoms with Crippen LogP contribution in [0.25, 0.3) is 0 Å². The predicted molar refractivity (Wildman–Crippen MR) is 160 cm³/mol. The molecule has 0 saturated carbocycles. The van der Waals surface area contributed by atoms with E-state index >= 15 is 0 Å². The highest BCUT2D eigenvalue weighted by molar-refractivity contribution is 5.87. The van der Waals surface area contributed by atoms with Crippen LogP contribution in [0.15, 0.2) is 97.6 Å². The highest BCUT2D eigenvalue weighted by Crippen LogP contribution is 2.67. The average Bonchev–Trinajstić information content (AvgIpc) is 3.07. The molecule has 0 aliphatic carbocycles. The summed E-state index contributed by atoms with van der Waals surface area (Å²) in [5, 5.41) is 25.4. The third kappa shape index (κ3) is 4.44. The van der Waals surface area contributed by atoms with Crippen molar-refractivity contribution < 1.29 is 29.3 Å². The first-order valence-corrected chi connectivity index (χ1v) is 14.5. The van der Waals surface area contributed by atoms with Gasteiger partial charge < -0.3 is 19.7 Å². The summed E-state index contributed by atoms with van der Waals surface area (Å²) in [6.45, 7) is -0.548. The molecule has 4 aromatic rings. The summed E-state index contributed by atoms with van der Waals surface area (Å²) in [5.41, 5.74) is -2.52. The molecule has 0 spiro atoms. The lowest BCUT2D eigenvalue weighted by molar-refractivity contribution is -0.376. The fourth-order valence-corrected chi connectivity index (χ4v) is 7.50. The van der Waals surface area contributed by atoms with Gasteiger partial charge in [0.1, 0.15) is 0 Å². The smallest absolute Gasteiger partial charge is 0.320 e. The maximum Gasteiger partial charge on any atom is 0.320 e. The van der Waals surface area contributed by atoms with Crippen molar-refractivity contribution in [3.8, 4) is 0 Å². The lowest BCUT2D eigenvalue weighted by atomic mass is 9.51. The number of esters is 2. The molecule has 0 unspecified atom stereocenters. The Bertz CT molecular complexity index is 1530. The average molecular weight is 611 g/mol. The van der Waals surface area contributed by atoms with Gasteiger partial charge in [0.25, 0.3) is 0 Å². The number of carbonyl (C=O) groups is 2. The molecule has 0 aromatic carbocycles. The Kier molecular flexibility index (Phi) is 7.91. The van der Waals surface area contributed by atoms with Gasteiger partial charge in [0.15, 0.2) is 10.8 Å². The van der Waals surface area contributed by atoms with Crippen LogP contribution in [0.2, 0.25) is 0 Å². The van der Waals surface area contributed by atoms with Crippen LogP contribution in [0, 0.1) is 10.8 Å². The third-order valence-electron chi connectivity index (χ3n) is 9.23. The molecule has 2 fully saturated rings. The van der Waals surface area contributed by atoms with Gasteiger partial charge in [0, 0.05) is 37.9 Å². The fraction of sp³-hybridized carbons (Fsp3) is 0.333. The number of aliphatic hydroxyl groups is 2. The molecule has 6 heterocycles. The molecular weight excluding hydrogens is 576 g/mol. The van der Waals surface area contributed by atoms with Gasteiger partial charge in [-0.3, -0.25) is 39.3 Å². The standard InChI is InChI=1S/C33H34N6O6/c1-38-27(24-14-6-10-18-36-24)31(29(40)44-2)20-39(26(22-12-4-8-16-34-22)23-13-5-9-17-35-23)21-32(30(41)45-3,33(31,42)43)28(38)25-15-7-11-19-37-25/h4-19,26-28,42-43H,20-21H2,1-3H3/t27-,28+,31+,32-. The largest absolute Gasteiger partial charge is 0.468 e. The van der Waals surface area contributed by atoms with E-state index in [-0.39, 0.29) is 13.1 Å². The number of fused-ring (bicyclic) bond motifs is 2. The highest BCUT2D eigenvalue weighted by atomic mass is 16.6. The molecule has 4 atom stereocenters. The zero-order valence-corrected chi connectivity index (χ0v) is 25.1. The number of hydrogen-bond acceptors (Lipinski definition) is 12. The minimum Gasteiger partial charge on any atom is -0.468 e. The number of hydrogen-bond donors (Lipinski definition) is 2. The Hall–Kier alpha value is -4.62. The molecule has 232 valence electrons. The minimum atomic E-state index is -3.04. The maximum absolute atomic E-state index is 14.4. The summed E-state index contributed by atoms with van der Waals surface area (Å²) in [6.07, 6.45) is 6.42. The van der Waals surface area contributed by atoms with Crippen molar-refractivity contribution in [3.63, 3.8) is 0 Å². The van der Waals surface area contributed by atoms with Gasteiger partial charge in [-0.1, -0.05) is 24.3 Å². The van der Waals surface area contributed by atoms with Crippen molar-refractivity contribution in [2.75, 3.05) is 34.4 Å². The molecule has 2 N–H and O–H groups in total. The molecular formula is C33H34N6O6. The van der Waals surface area contributed by atoms with Crippen molar-refractivity contribution in [2.24, 2.45) is 10.8 Å². The van der Waals surface area contributed by atoms with E-state index in [9.17, 15) is 19.8 Å². The quantitative estimate of drug-likeness (QED) is 0.233. The Morgan fingerprint density at radius 3 is 1.44 bits per heavy atom. The van der Waals surface area contributed by atoms with Crippen molar-refractivity contribution >= 4 is 11.9 Å². The van der Waals surface area contributed by atoms with Crippen LogP contribution in [0.1, 0.15) is 40.9 Å². The second kappa shape index (κ2) is 11.7. The molecule has 2 aliphatic heterocycles. The van der Waals surface area contributed by atoms with E-state index in [1.807, 2.05) is 29.2 Å². The van der Waals surface area contributed by atoms with Gasteiger partial charge in [-0.2, -0.15) is 0 Å². The van der Waals surface area contributed by atoms with Gasteiger partial charge >= 0.3 is 11.9 Å². The summed E-state index contributed by atoms with van der Waals surface area (Å²) in [4.78, 5) is 50.7. The number of nitrogens with zero attached hydrogens (tertiary/aromatic N) is 6. The van der Waals surface area contributed by atoms with Gasteiger partial charge in [-0.25, -0.2) is 0 Å². The number of methoxy groups -OCH3 is 2. The normalized spacial score (nSPS) is 26.3. The van der Waals surface area contributed by atoms with Crippen LogP contribution in [0.5, 0.6) is 0 Å². The van der Waals surface area contributed by atoms with Crippen LogP contribution >= 0.6 is 0 Å². The fourth-order valence-electron chi connectivity index (χ4n) is 7.50. The van der Waals surface area contributed by atoms with E-state index in [4.69, 9.17) is 9.47 Å². The van der Waals surface area contributed by atoms with Crippen LogP contribution in [-0.4, -0.2) is 92.0 Å². The Balaban J connectivity index is 1.71. The zero-order valence-electron chi connectivity index (χ0n) is 25.1. The highest BCUT2D eigenvalue weighted by Gasteiger charge is 2.83. The molecule has 4 aromatic heterocycles. The molecule has 2 bridgehead atoms. The predicted octanol–water partition coefficient (Wildman–Crippen LogP) is 2.10. The Morgan fingerprint density at radius 1 is 0.711 bits per heavy atom. The van der Waals surface area contributed by atoms with Crippen molar-refractivity contribution in [1.29, 1.82) is 0 Å². The molecule has 6 rings (SSSR count). The van der Waals surface area contributed by atoms with E-state index in [1.54, 1.807) is 85.3 Å². The Morgan fingerprint density at radius 2 is 1.11 bits per heavy atom. The summed E-state index contributed by atoms with van der Waals surface area (Å²) in [7, 11) is 4.08. The number of piperidine rings is 2. The second-order valence-electron chi connectivity index (χ2n) is 11.4. The second-order valence-corrected chi connectivity index (χ2v) is 11.4. The molecule has 2 saturated heterocycles. The molecule has 0 amide bonds. The SMILES string of the molecule is COC(=O)[C@@]12CN(C(c3ccccn3)c3ccccn3)C[C@@](C(=O)OC)([C@@H](c3ccccn3)N(C)[C@H]1c1ccccn1)C2(O)O. The Labute approximate surface area is 260 Å². The first kappa shape index (κ1) is 30.4. The molecule has 0 radical (unpaired) electrons. The van der Waals surface area contributed by atoms with E-state index in [2.05, 4.69) is 19.9 Å². The summed E-state index contributed by atoms with van der Waals surface area (Å²) >= 11 is 0. The van der Waals surface area contributed by atoms with Gasteiger partial charge in [0.2, 0.25) is 5.79 Å². The van der Waals surface area contributed by atoms with Crippen LogP contribution in [0.3, 0.4) is 0 Å². The number of rotatable bonds is 7. The van der Waals surface area contributed by atoms with Crippen LogP contribution in [0.4, 0.5) is 0 Å². The lowest BCUT2D eigenvalue weighted by Gasteiger charge is -2.67. The van der Waals surface area contributed by atoms with Crippen molar-refractivity contribution in [1.82, 2.24) is 29.7 Å². The molecule has 12 nitrogen and oxygen atoms in total. The third-order valence-corrected chi connectivity index (χ3v) is 9.23.